The van der Waals surface area contributed by atoms with Gasteiger partial charge in [-0.05, 0) is 292 Å². The number of carbonyl (C=O) groups excluding carboxylic acids is 8. The molecule has 20 rings (SSSR count). The predicted molar refractivity (Wildman–Crippen MR) is 553 cm³/mol. The van der Waals surface area contributed by atoms with Gasteiger partial charge in [0.2, 0.25) is 0 Å². The van der Waals surface area contributed by atoms with Crippen LogP contribution >= 0.6 is 47.3 Å². The van der Waals surface area contributed by atoms with Crippen LogP contribution in [0.1, 0.15) is 226 Å². The Morgan fingerprint density at radius 3 is 0.774 bits per heavy atom. The molecule has 776 valence electrons. The van der Waals surface area contributed by atoms with Crippen molar-refractivity contribution in [1.82, 2.24) is 0 Å². The number of nitrogens with two attached hydrogens (primary N) is 1. The summed E-state index contributed by atoms with van der Waals surface area (Å²) in [7, 11) is 9.87. The minimum absolute atomic E-state index is 0. The Kier molecular flexibility index (Phi) is 43.3. The molecule has 11 aliphatic rings. The van der Waals surface area contributed by atoms with Crippen LogP contribution in [-0.4, -0.2) is 169 Å². The van der Waals surface area contributed by atoms with Crippen LogP contribution in [0, 0.1) is 20.2 Å². The molecular weight excluding hydrogens is 2080 g/mol. The largest absolute Gasteiger partial charge is 1.00 e. The molecule has 9 fully saturated rings. The number of anilines is 1. The van der Waals surface area contributed by atoms with Crippen LogP contribution in [0.5, 0.6) is 51.7 Å². The summed E-state index contributed by atoms with van der Waals surface area (Å²) in [6, 6.07) is 55.0. The number of ether oxygens (including phenoxy) is 7. The molecule has 33 nitrogen and oxygen atoms in total. The number of aromatic hydroxyl groups is 2. The van der Waals surface area contributed by atoms with E-state index >= 15 is 0 Å². The van der Waals surface area contributed by atoms with Crippen molar-refractivity contribution in [2.45, 2.75) is 226 Å². The molecule has 0 unspecified atom stereocenters. The van der Waals surface area contributed by atoms with Gasteiger partial charge in [0.25, 0.3) is 0 Å². The first-order chi connectivity index (χ1) is 67.8. The van der Waals surface area contributed by atoms with Crippen molar-refractivity contribution in [3.05, 3.63) is 269 Å². The van der Waals surface area contributed by atoms with Crippen molar-refractivity contribution in [3.63, 3.8) is 0 Å². The molecule has 2 aliphatic heterocycles. The van der Waals surface area contributed by atoms with E-state index in [1.807, 2.05) is 84.9 Å². The van der Waals surface area contributed by atoms with Gasteiger partial charge in [0.05, 0.1) is 113 Å². The first kappa shape index (κ1) is 122. The summed E-state index contributed by atoms with van der Waals surface area (Å²) in [4.78, 5) is 145. The van der Waals surface area contributed by atoms with Crippen LogP contribution in [0.15, 0.2) is 188 Å². The zero-order valence-corrected chi connectivity index (χ0v) is 88.0. The monoisotopic (exact) mass is 2200 g/mol. The number of nitro benzene ring substituents is 2. The van der Waals surface area contributed by atoms with E-state index in [9.17, 15) is 83.2 Å². The topological polar surface area (TPSA) is 536 Å². The number of carbonyl (C=O) groups is 11. The van der Waals surface area contributed by atoms with Gasteiger partial charge in [0, 0.05) is 37.5 Å². The number of phenolic OH excluding ortho intramolecular Hbond substituents is 2. The summed E-state index contributed by atoms with van der Waals surface area (Å²) in [5.74, 6) is 2.69. The maximum absolute atomic E-state index is 11.6. The van der Waals surface area contributed by atoms with Crippen LogP contribution < -0.4 is 57.8 Å². The molecule has 10 N–H and O–H groups in total. The van der Waals surface area contributed by atoms with E-state index < -0.39 is 54.8 Å². The number of aliphatic hydroxyl groups excluding tert-OH is 2. The van der Waals surface area contributed by atoms with E-state index in [4.69, 9.17) is 64.4 Å². The third kappa shape index (κ3) is 28.7. The molecule has 0 atom stereocenters. The number of benzene rings is 9. The van der Waals surface area contributed by atoms with Crippen LogP contribution in [0.25, 0.3) is 0 Å². The summed E-state index contributed by atoms with van der Waals surface area (Å²) in [5, 5.41) is 81.4. The Morgan fingerprint density at radius 2 is 0.541 bits per heavy atom. The van der Waals surface area contributed by atoms with Gasteiger partial charge in [-0.1, -0.05) is 98.4 Å². The number of fused-ring (bicyclic) bond motifs is 2. The minimum Gasteiger partial charge on any atom is -0.870 e. The predicted octanol–water partition coefficient (Wildman–Crippen LogP) is 15.9. The maximum atomic E-state index is 11.6. The summed E-state index contributed by atoms with van der Waals surface area (Å²) in [5.41, 5.74) is 11.5. The van der Waals surface area contributed by atoms with Crippen molar-refractivity contribution in [2.24, 2.45) is 0 Å². The molecule has 0 bridgehead atoms. The normalized spacial score (nSPS) is 16.9. The summed E-state index contributed by atoms with van der Waals surface area (Å²) >= 11 is 9.31. The van der Waals surface area contributed by atoms with Crippen LogP contribution in [0.4, 0.5) is 17.1 Å². The van der Waals surface area contributed by atoms with Gasteiger partial charge in [0.15, 0.2) is 11.5 Å². The molecular formula is C108H124BBr3LiN3O30. The number of nitrogen functional groups attached to an aromatic ring is 1. The number of nitro groups is 2. The van der Waals surface area contributed by atoms with Gasteiger partial charge >= 0.3 is 63.3 Å². The Morgan fingerprint density at radius 1 is 0.336 bits per heavy atom. The van der Waals surface area contributed by atoms with Gasteiger partial charge in [-0.25, -0.2) is 0 Å². The number of carboxylic acids is 3. The molecule has 2 heterocycles. The van der Waals surface area contributed by atoms with E-state index in [0.717, 1.165) is 196 Å². The van der Waals surface area contributed by atoms with Gasteiger partial charge < -0.3 is 80.1 Å². The molecule has 0 spiro atoms. The number of ketones is 6. The van der Waals surface area contributed by atoms with E-state index in [2.05, 4.69) is 47.3 Å². The van der Waals surface area contributed by atoms with Crippen molar-refractivity contribution in [3.8, 4) is 51.7 Å². The molecule has 0 saturated heterocycles. The number of Topliss-reactive ketones (excluding diaryl/α,β-unsaturated/α-hetero) is 6. The summed E-state index contributed by atoms with van der Waals surface area (Å²) < 4.78 is 35.4. The van der Waals surface area contributed by atoms with Gasteiger partial charge in [0.1, 0.15) is 74.9 Å². The average molecular weight is 2200 g/mol. The van der Waals surface area contributed by atoms with Crippen molar-refractivity contribution < 1.29 is 156 Å². The van der Waals surface area contributed by atoms with E-state index in [0.29, 0.717) is 42.0 Å². The number of hydrogen-bond donors (Lipinski definition) is 8. The zero-order valence-electron chi connectivity index (χ0n) is 83.3. The molecule has 0 aromatic heterocycles. The first-order valence-corrected chi connectivity index (χ1v) is 48.8. The summed E-state index contributed by atoms with van der Waals surface area (Å²) in [6.07, 6.45) is 15.5. The number of aliphatic carboxylic acids is 3. The number of carboxylic acid groups (broad SMARTS) is 3. The molecule has 9 aromatic carbocycles. The summed E-state index contributed by atoms with van der Waals surface area (Å²) in [6.45, 7) is 9.63. The third-order valence-corrected chi connectivity index (χ3v) is 28.2. The molecule has 0 radical (unpaired) electrons. The minimum atomic E-state index is -0.780. The number of hydrogen-bond acceptors (Lipinski definition) is 28. The van der Waals surface area contributed by atoms with Crippen molar-refractivity contribution in [2.75, 3.05) is 55.5 Å². The molecule has 38 heteroatoms. The Hall–Kier alpha value is -12.5. The van der Waals surface area contributed by atoms with Crippen LogP contribution in [0.2, 0.25) is 0 Å². The Balaban J connectivity index is 0.000000248. The molecule has 0 amide bonds. The fraction of sp³-hybridized carbons (Fsp3) is 0.398. The Bertz CT molecular complexity index is 5810. The number of aliphatic hydroxyl groups is 2. The zero-order chi connectivity index (χ0) is 106. The van der Waals surface area contributed by atoms with Crippen molar-refractivity contribution >= 4 is 132 Å². The second kappa shape index (κ2) is 51.7. The van der Waals surface area contributed by atoms with Crippen molar-refractivity contribution in [1.29, 1.82) is 0 Å². The number of methoxy groups -OCH3 is 5. The number of halogens is 3. The van der Waals surface area contributed by atoms with Crippen LogP contribution in [0.3, 0.4) is 0 Å². The number of esters is 2. The van der Waals surface area contributed by atoms with Gasteiger partial charge in [-0.15, -0.1) is 47.3 Å². The molecule has 9 saturated carbocycles. The molecule has 9 aliphatic carbocycles. The number of rotatable bonds is 25. The second-order valence-corrected chi connectivity index (χ2v) is 42.9. The SMILES string of the molecule is BrB(Br)Br.C.CC(=O)C1(c2ccc(O)c(N)c2)CC1.CC(=O)C1(c2ccc(O)c([N+](=O)[O-])c2)CC1.CC(=O)C1(c2ccc3c(c2)CC(=O)O3)CC1.CO.CO.COc1ccc(C2(C(=O)O)CC2)cc1.COc1ccc(C2(C(=O)O)CC2)cc1.COc1ccc(C2(C(C)=O)CC2)cc1.COc1ccc(C2(C(C)=O)CC2)cc1.COc1ccc(C2(C(C)=O)CC2)cc1[N+](=O)[O-].O=C1Cc2cc(C3(C(=O)O)CC3)ccc2O1.[Li+].[OH-]. The fourth-order valence-electron chi connectivity index (χ4n) is 17.5. The molecule has 146 heavy (non-hydrogen) atoms. The van der Waals surface area contributed by atoms with Gasteiger partial charge in [-0.3, -0.25) is 73.0 Å². The quantitative estimate of drug-likeness (QED) is 0.00501. The Labute approximate surface area is 884 Å². The molecule has 9 aromatic rings. The average Bonchev–Trinajstić information content (AvgIpc) is 1.61. The maximum Gasteiger partial charge on any atom is 1.00 e. The standard InChI is InChI=1S/C13H12O3.C12H13NO4.C12H10O4.2C12H14O2.C11H11NO4.C11H13NO2.2C11H12O3.2CH4O.CH4.BBr3.Li.H2O/c1-8(14)13(4-5-13)10-2-3-11-9(6-10)7-12(15)16-11;1-8(14)12(5-6-12)9-3-4-11(17-2)10(7-9)13(15)16;13-10-6-7-5-8(1-2-9(7)16-10)12(3-4-12)11(14)15;2*1-9(13)12(7-8-12)10-3-5-11(14-2)6-4-10;1-7(13)11(4-5-11)8-2-3-10(14)9(6-8)12(15)16;1-7(13)11(4-5-11)8-2-3-10(14)9(12)6-8;2*1-14-9-4-2-8(3-5-9)11(6-7-11)10(12)13;2*1-2;;2-1(3)4;;/h2-3,6H,4-5,7H2,1H3;3-4,7H,5-6H2,1-2H3;1-2,5H,3-4,6H2,(H,14,15);2*3-6H,7-8H2,1-2H3;2-3,6,14H,4-5H2,1H3;2-3,6,14H,4-5,12H2,1H3;2*2-5H,6-7H2,1H3,(H,12,13);2*2H,1H3;1H4;;;1H2/q;;;;;;;;;;;;;+1;/p-1. The third-order valence-electron chi connectivity index (χ3n) is 28.2. The van der Waals surface area contributed by atoms with Gasteiger partial charge in [-0.2, -0.15) is 0 Å². The first-order valence-electron chi connectivity index (χ1n) is 46.0. The van der Waals surface area contributed by atoms with E-state index in [-0.39, 0.29) is 138 Å². The second-order valence-electron chi connectivity index (χ2n) is 36.5. The smallest absolute Gasteiger partial charge is 0.870 e. The fourth-order valence-corrected chi connectivity index (χ4v) is 17.5. The number of nitrogens with zero attached hydrogens (tertiary/aromatic N) is 2. The van der Waals surface area contributed by atoms with E-state index in [1.165, 1.54) is 39.2 Å². The number of phenols is 2. The van der Waals surface area contributed by atoms with E-state index in [1.54, 1.807) is 141 Å². The van der Waals surface area contributed by atoms with Crippen LogP contribution in [-0.2, 0) is 114 Å².